The van der Waals surface area contributed by atoms with Crippen LogP contribution in [-0.2, 0) is 15.8 Å². The van der Waals surface area contributed by atoms with Crippen LogP contribution in [0, 0.1) is 0 Å². The van der Waals surface area contributed by atoms with E-state index >= 15 is 0 Å². The molecule has 1 N–H and O–H groups in total. The Balaban J connectivity index is 1.85. The van der Waals surface area contributed by atoms with Gasteiger partial charge in [0.1, 0.15) is 5.25 Å². The van der Waals surface area contributed by atoms with Crippen LogP contribution in [0.2, 0.25) is 5.02 Å². The number of aliphatic imine (C=N–C) groups is 1. The highest BCUT2D eigenvalue weighted by Gasteiger charge is 2.35. The van der Waals surface area contributed by atoms with Gasteiger partial charge in [-0.15, -0.1) is 0 Å². The van der Waals surface area contributed by atoms with E-state index in [1.165, 1.54) is 17.0 Å². The largest absolute Gasteiger partial charge is 0.416 e. The number of alkyl halides is 3. The number of carbonyl (C=O) groups excluding carboxylic acids is 2. The molecule has 1 saturated heterocycles. The van der Waals surface area contributed by atoms with E-state index in [9.17, 15) is 22.8 Å². The van der Waals surface area contributed by atoms with Gasteiger partial charge in [-0.25, -0.2) is 4.99 Å². The molecule has 1 atom stereocenters. The highest BCUT2D eigenvalue weighted by Crippen LogP contribution is 2.33. The smallest absolute Gasteiger partial charge is 0.325 e. The van der Waals surface area contributed by atoms with Gasteiger partial charge in [0.2, 0.25) is 11.8 Å². The maximum atomic E-state index is 13.0. The molecular weight excluding hydrogens is 439 g/mol. The molecule has 0 bridgehead atoms. The van der Waals surface area contributed by atoms with Crippen molar-refractivity contribution in [1.29, 1.82) is 0 Å². The van der Waals surface area contributed by atoms with Crippen LogP contribution in [0.15, 0.2) is 53.5 Å². The quantitative estimate of drug-likeness (QED) is 0.677. The average molecular weight is 456 g/mol. The summed E-state index contributed by atoms with van der Waals surface area (Å²) in [5.74, 6) is -0.740. The van der Waals surface area contributed by atoms with E-state index in [2.05, 4.69) is 10.3 Å². The third-order valence-corrected chi connectivity index (χ3v) is 5.66. The maximum Gasteiger partial charge on any atom is 0.416 e. The second-order valence-electron chi connectivity index (χ2n) is 6.39. The molecule has 2 aromatic carbocycles. The van der Waals surface area contributed by atoms with Crippen LogP contribution in [-0.4, -0.2) is 33.7 Å². The van der Waals surface area contributed by atoms with Gasteiger partial charge in [0.25, 0.3) is 0 Å². The van der Waals surface area contributed by atoms with Crippen molar-refractivity contribution in [1.82, 2.24) is 4.90 Å². The van der Waals surface area contributed by atoms with Crippen molar-refractivity contribution in [3.8, 4) is 0 Å². The Bertz CT molecular complexity index is 997. The molecule has 0 spiro atoms. The van der Waals surface area contributed by atoms with Crippen LogP contribution in [0.4, 0.5) is 24.5 Å². The molecule has 3 rings (SSSR count). The molecule has 1 aliphatic heterocycles. The zero-order valence-electron chi connectivity index (χ0n) is 15.7. The topological polar surface area (TPSA) is 61.8 Å². The number of thioether (sulfide) groups is 1. The van der Waals surface area contributed by atoms with Crippen molar-refractivity contribution in [2.45, 2.75) is 24.8 Å². The number of hydrogen-bond acceptors (Lipinski definition) is 4. The molecule has 2 amide bonds. The molecule has 0 saturated carbocycles. The number of amidine groups is 1. The molecule has 0 radical (unpaired) electrons. The molecular formula is C20H17ClF3N3O2S. The second kappa shape index (κ2) is 9.09. The number of carbonyl (C=O) groups is 2. The van der Waals surface area contributed by atoms with E-state index in [1.807, 2.05) is 0 Å². The van der Waals surface area contributed by atoms with Gasteiger partial charge in [-0.3, -0.25) is 14.5 Å². The van der Waals surface area contributed by atoms with Crippen molar-refractivity contribution in [3.63, 3.8) is 0 Å². The van der Waals surface area contributed by atoms with Crippen molar-refractivity contribution >= 4 is 51.7 Å². The summed E-state index contributed by atoms with van der Waals surface area (Å²) in [6.45, 7) is 2.01. The zero-order chi connectivity index (χ0) is 21.9. The summed E-state index contributed by atoms with van der Waals surface area (Å²) in [6.07, 6.45) is -4.55. The van der Waals surface area contributed by atoms with Crippen LogP contribution >= 0.6 is 23.4 Å². The van der Waals surface area contributed by atoms with Crippen molar-refractivity contribution in [3.05, 3.63) is 59.1 Å². The van der Waals surface area contributed by atoms with Gasteiger partial charge in [0.05, 0.1) is 11.3 Å². The highest BCUT2D eigenvalue weighted by atomic mass is 35.5. The Hall–Kier alpha value is -2.52. The summed E-state index contributed by atoms with van der Waals surface area (Å²) in [4.78, 5) is 30.8. The highest BCUT2D eigenvalue weighted by molar-refractivity contribution is 8.15. The van der Waals surface area contributed by atoms with E-state index in [4.69, 9.17) is 11.6 Å². The number of nitrogens with zero attached hydrogens (tertiary/aromatic N) is 2. The van der Waals surface area contributed by atoms with E-state index in [0.717, 1.165) is 23.9 Å². The standard InChI is InChI=1S/C20H17ClF3N3O2S/c1-2-27-17(28)11-16(18(29)25-15-8-4-6-13(21)10-15)30-19(27)26-14-7-3-5-12(9-14)20(22,23)24/h3-10,16H,2,11H2,1H3,(H,25,29)/t16-/m0/s1. The molecule has 2 aromatic rings. The average Bonchev–Trinajstić information content (AvgIpc) is 2.67. The minimum absolute atomic E-state index is 0.0491. The van der Waals surface area contributed by atoms with Gasteiger partial charge in [-0.05, 0) is 43.3 Å². The number of halogens is 4. The summed E-state index contributed by atoms with van der Waals surface area (Å²) < 4.78 is 38.9. The molecule has 1 aliphatic rings. The zero-order valence-corrected chi connectivity index (χ0v) is 17.3. The molecule has 30 heavy (non-hydrogen) atoms. The van der Waals surface area contributed by atoms with Gasteiger partial charge >= 0.3 is 6.18 Å². The minimum Gasteiger partial charge on any atom is -0.325 e. The van der Waals surface area contributed by atoms with Gasteiger partial charge < -0.3 is 5.32 Å². The van der Waals surface area contributed by atoms with Gasteiger partial charge in [-0.1, -0.05) is 35.5 Å². The van der Waals surface area contributed by atoms with E-state index < -0.39 is 22.9 Å². The fourth-order valence-corrected chi connectivity index (χ4v) is 4.16. The van der Waals surface area contributed by atoms with Gasteiger partial charge in [0, 0.05) is 23.7 Å². The first-order valence-corrected chi connectivity index (χ1v) is 10.2. The first-order chi connectivity index (χ1) is 14.2. The van der Waals surface area contributed by atoms with Crippen LogP contribution in [0.5, 0.6) is 0 Å². The fraction of sp³-hybridized carbons (Fsp3) is 0.250. The predicted octanol–water partition coefficient (Wildman–Crippen LogP) is 5.34. The van der Waals surface area contributed by atoms with Crippen molar-refractivity contribution in [2.24, 2.45) is 4.99 Å². The maximum absolute atomic E-state index is 13.0. The molecule has 1 fully saturated rings. The molecule has 0 aromatic heterocycles. The van der Waals surface area contributed by atoms with Crippen LogP contribution < -0.4 is 5.32 Å². The lowest BCUT2D eigenvalue weighted by Gasteiger charge is -2.31. The minimum atomic E-state index is -4.50. The molecule has 0 unspecified atom stereocenters. The third kappa shape index (κ3) is 5.34. The Morgan fingerprint density at radius 2 is 2.00 bits per heavy atom. The van der Waals surface area contributed by atoms with E-state index in [0.29, 0.717) is 10.7 Å². The first-order valence-electron chi connectivity index (χ1n) is 8.96. The summed E-state index contributed by atoms with van der Waals surface area (Å²) in [7, 11) is 0. The van der Waals surface area contributed by atoms with Crippen LogP contribution in [0.3, 0.4) is 0 Å². The predicted molar refractivity (Wildman–Crippen MR) is 112 cm³/mol. The molecule has 1 heterocycles. The van der Waals surface area contributed by atoms with E-state index in [1.54, 1.807) is 31.2 Å². The number of benzene rings is 2. The molecule has 158 valence electrons. The van der Waals surface area contributed by atoms with E-state index in [-0.39, 0.29) is 29.7 Å². The van der Waals surface area contributed by atoms with Crippen LogP contribution in [0.1, 0.15) is 18.9 Å². The van der Waals surface area contributed by atoms with Crippen LogP contribution in [0.25, 0.3) is 0 Å². The number of nitrogens with one attached hydrogen (secondary N) is 1. The lowest BCUT2D eigenvalue weighted by Crippen LogP contribution is -2.45. The molecule has 0 aliphatic carbocycles. The third-order valence-electron chi connectivity index (χ3n) is 4.24. The SMILES string of the molecule is CCN1C(=O)C[C@@H](C(=O)Nc2cccc(Cl)c2)SC1=Nc1cccc(C(F)(F)F)c1. The summed E-state index contributed by atoms with van der Waals surface area (Å²) in [5, 5.41) is 2.55. The van der Waals surface area contributed by atoms with Gasteiger partial charge in [0.15, 0.2) is 5.17 Å². The lowest BCUT2D eigenvalue weighted by molar-refractivity contribution is -0.137. The number of rotatable bonds is 4. The summed E-state index contributed by atoms with van der Waals surface area (Å²) in [6, 6.07) is 11.1. The summed E-state index contributed by atoms with van der Waals surface area (Å²) in [5.41, 5.74) is -0.306. The van der Waals surface area contributed by atoms with Crippen molar-refractivity contribution in [2.75, 3.05) is 11.9 Å². The Morgan fingerprint density at radius 1 is 1.27 bits per heavy atom. The Labute approximate surface area is 180 Å². The number of anilines is 1. The van der Waals surface area contributed by atoms with Crippen molar-refractivity contribution < 1.29 is 22.8 Å². The first kappa shape index (κ1) is 22.2. The number of amides is 2. The van der Waals surface area contributed by atoms with Gasteiger partial charge in [-0.2, -0.15) is 13.2 Å². The molecule has 10 heteroatoms. The Morgan fingerprint density at radius 3 is 2.67 bits per heavy atom. The Kier molecular flexibility index (Phi) is 6.72. The summed E-state index contributed by atoms with van der Waals surface area (Å²) >= 11 is 6.95. The number of hydrogen-bond donors (Lipinski definition) is 1. The monoisotopic (exact) mass is 455 g/mol. The normalized spacial score (nSPS) is 18.6. The fourth-order valence-electron chi connectivity index (χ4n) is 2.80. The lowest BCUT2D eigenvalue weighted by atomic mass is 10.2. The second-order valence-corrected chi connectivity index (χ2v) is 8.00. The molecule has 5 nitrogen and oxygen atoms in total.